The Balaban J connectivity index is 1.43. The summed E-state index contributed by atoms with van der Waals surface area (Å²) in [5, 5.41) is 3.05. The molecule has 36 heavy (non-hydrogen) atoms. The highest BCUT2D eigenvalue weighted by Gasteiger charge is 2.21. The standard InChI is InChI=1S/C26H25N3O6S/c1-3-33-20-12-8-7-11-19(20)28-21(30)15-29-16-27-24-22(25(29)31)17(2)23(36-24)26(32)35-14-13-34-18-9-5-4-6-10-18/h4-12,16H,3,13-15H2,1-2H3,(H,28,30). The van der Waals surface area contributed by atoms with E-state index >= 15 is 0 Å². The number of rotatable bonds is 10. The molecule has 0 spiro atoms. The van der Waals surface area contributed by atoms with Crippen molar-refractivity contribution in [3.63, 3.8) is 0 Å². The molecule has 0 saturated carbocycles. The van der Waals surface area contributed by atoms with Gasteiger partial charge in [0.1, 0.15) is 41.0 Å². The van der Waals surface area contributed by atoms with Gasteiger partial charge >= 0.3 is 5.97 Å². The van der Waals surface area contributed by atoms with Gasteiger partial charge < -0.3 is 19.5 Å². The average molecular weight is 508 g/mol. The van der Waals surface area contributed by atoms with Crippen LogP contribution in [0.2, 0.25) is 0 Å². The molecule has 1 N–H and O–H groups in total. The maximum absolute atomic E-state index is 13.1. The number of para-hydroxylation sites is 3. The number of carbonyl (C=O) groups is 2. The van der Waals surface area contributed by atoms with E-state index in [0.717, 1.165) is 11.3 Å². The van der Waals surface area contributed by atoms with Gasteiger partial charge in [-0.25, -0.2) is 9.78 Å². The quantitative estimate of drug-likeness (QED) is 0.255. The van der Waals surface area contributed by atoms with Crippen molar-refractivity contribution in [2.45, 2.75) is 20.4 Å². The summed E-state index contributed by atoms with van der Waals surface area (Å²) in [6, 6.07) is 16.3. The molecule has 4 rings (SSSR count). The van der Waals surface area contributed by atoms with Crippen LogP contribution >= 0.6 is 11.3 Å². The number of aromatic nitrogens is 2. The first-order chi connectivity index (χ1) is 17.5. The van der Waals surface area contributed by atoms with E-state index in [-0.39, 0.29) is 25.1 Å². The molecule has 4 aromatic rings. The predicted octanol–water partition coefficient (Wildman–Crippen LogP) is 4.04. The minimum absolute atomic E-state index is 0.0580. The molecule has 0 aliphatic carbocycles. The van der Waals surface area contributed by atoms with Gasteiger partial charge in [-0.05, 0) is 43.7 Å². The van der Waals surface area contributed by atoms with Crippen molar-refractivity contribution in [3.8, 4) is 11.5 Å². The molecule has 10 heteroatoms. The highest BCUT2D eigenvalue weighted by atomic mass is 32.1. The lowest BCUT2D eigenvalue weighted by Gasteiger charge is -2.11. The zero-order valence-corrected chi connectivity index (χ0v) is 20.7. The van der Waals surface area contributed by atoms with E-state index in [4.69, 9.17) is 14.2 Å². The number of fused-ring (bicyclic) bond motifs is 1. The van der Waals surface area contributed by atoms with E-state index in [1.807, 2.05) is 37.3 Å². The Labute approximate surface area is 211 Å². The van der Waals surface area contributed by atoms with Crippen LogP contribution in [0, 0.1) is 6.92 Å². The zero-order chi connectivity index (χ0) is 25.5. The van der Waals surface area contributed by atoms with Gasteiger partial charge in [0, 0.05) is 0 Å². The average Bonchev–Trinajstić information content (AvgIpc) is 3.22. The highest BCUT2D eigenvalue weighted by molar-refractivity contribution is 7.20. The molecule has 2 heterocycles. The molecule has 0 aliphatic rings. The fourth-order valence-corrected chi connectivity index (χ4v) is 4.57. The number of anilines is 1. The molecule has 0 radical (unpaired) electrons. The Hall–Kier alpha value is -4.18. The SMILES string of the molecule is CCOc1ccccc1NC(=O)Cn1cnc2sc(C(=O)OCCOc3ccccc3)c(C)c2c1=O. The molecule has 0 fully saturated rings. The number of ether oxygens (including phenoxy) is 3. The van der Waals surface area contributed by atoms with E-state index < -0.39 is 17.4 Å². The summed E-state index contributed by atoms with van der Waals surface area (Å²) in [6.07, 6.45) is 1.30. The van der Waals surface area contributed by atoms with E-state index in [1.54, 1.807) is 31.2 Å². The number of thiophene rings is 1. The molecule has 0 aliphatic heterocycles. The maximum atomic E-state index is 13.1. The lowest BCUT2D eigenvalue weighted by molar-refractivity contribution is -0.116. The first-order valence-corrected chi connectivity index (χ1v) is 12.1. The van der Waals surface area contributed by atoms with Gasteiger partial charge in [-0.15, -0.1) is 11.3 Å². The van der Waals surface area contributed by atoms with Gasteiger partial charge in [0.25, 0.3) is 5.56 Å². The Morgan fingerprint density at radius 2 is 1.78 bits per heavy atom. The van der Waals surface area contributed by atoms with Crippen molar-refractivity contribution < 1.29 is 23.8 Å². The van der Waals surface area contributed by atoms with Crippen molar-refractivity contribution in [3.05, 3.63) is 81.7 Å². The van der Waals surface area contributed by atoms with Crippen LogP contribution in [0.1, 0.15) is 22.2 Å². The smallest absolute Gasteiger partial charge is 0.348 e. The normalized spacial score (nSPS) is 10.7. The van der Waals surface area contributed by atoms with Gasteiger partial charge in [-0.2, -0.15) is 0 Å². The van der Waals surface area contributed by atoms with Crippen molar-refractivity contribution >= 4 is 39.1 Å². The Morgan fingerprint density at radius 1 is 1.03 bits per heavy atom. The number of nitrogens with one attached hydrogen (secondary N) is 1. The van der Waals surface area contributed by atoms with Crippen molar-refractivity contribution in [2.75, 3.05) is 25.1 Å². The van der Waals surface area contributed by atoms with Crippen molar-refractivity contribution in [1.29, 1.82) is 0 Å². The number of aryl methyl sites for hydroxylation is 1. The molecule has 2 aromatic heterocycles. The van der Waals surface area contributed by atoms with Crippen molar-refractivity contribution in [1.82, 2.24) is 9.55 Å². The number of esters is 1. The van der Waals surface area contributed by atoms with Gasteiger partial charge in [0.15, 0.2) is 0 Å². The minimum Gasteiger partial charge on any atom is -0.492 e. The summed E-state index contributed by atoms with van der Waals surface area (Å²) < 4.78 is 17.6. The molecule has 0 unspecified atom stereocenters. The number of carbonyl (C=O) groups excluding carboxylic acids is 2. The Morgan fingerprint density at radius 3 is 2.56 bits per heavy atom. The summed E-state index contributed by atoms with van der Waals surface area (Å²) in [4.78, 5) is 43.4. The summed E-state index contributed by atoms with van der Waals surface area (Å²) >= 11 is 1.08. The Kier molecular flexibility index (Phi) is 7.96. The summed E-state index contributed by atoms with van der Waals surface area (Å²) in [6.45, 7) is 3.99. The second-order valence-corrected chi connectivity index (χ2v) is 8.69. The van der Waals surface area contributed by atoms with Crippen LogP contribution in [0.5, 0.6) is 11.5 Å². The maximum Gasteiger partial charge on any atom is 0.348 e. The molecule has 9 nitrogen and oxygen atoms in total. The van der Waals surface area contributed by atoms with Crippen LogP contribution in [0.4, 0.5) is 5.69 Å². The minimum atomic E-state index is -0.552. The number of amides is 1. The molecular formula is C26H25N3O6S. The third-order valence-corrected chi connectivity index (χ3v) is 6.39. The summed E-state index contributed by atoms with van der Waals surface area (Å²) in [5.74, 6) is 0.266. The van der Waals surface area contributed by atoms with Crippen LogP contribution in [0.3, 0.4) is 0 Å². The largest absolute Gasteiger partial charge is 0.492 e. The van der Waals surface area contributed by atoms with Crippen LogP contribution in [-0.2, 0) is 16.1 Å². The third kappa shape index (κ3) is 5.72. The van der Waals surface area contributed by atoms with Crippen molar-refractivity contribution in [2.24, 2.45) is 0 Å². The molecule has 0 saturated heterocycles. The molecule has 2 aromatic carbocycles. The zero-order valence-electron chi connectivity index (χ0n) is 19.9. The first-order valence-electron chi connectivity index (χ1n) is 11.3. The van der Waals surface area contributed by atoms with Crippen LogP contribution < -0.4 is 20.3 Å². The second kappa shape index (κ2) is 11.5. The number of hydrogen-bond acceptors (Lipinski definition) is 8. The van der Waals surface area contributed by atoms with Gasteiger partial charge in [0.05, 0.1) is 24.0 Å². The second-order valence-electron chi connectivity index (χ2n) is 7.69. The highest BCUT2D eigenvalue weighted by Crippen LogP contribution is 2.28. The third-order valence-electron chi connectivity index (χ3n) is 5.21. The number of nitrogens with zero attached hydrogens (tertiary/aromatic N) is 2. The van der Waals surface area contributed by atoms with E-state index in [9.17, 15) is 14.4 Å². The molecule has 186 valence electrons. The topological polar surface area (TPSA) is 109 Å². The van der Waals surface area contributed by atoms with E-state index in [1.165, 1.54) is 10.9 Å². The van der Waals surface area contributed by atoms with Crippen LogP contribution in [-0.4, -0.2) is 41.2 Å². The monoisotopic (exact) mass is 507 g/mol. The first kappa shape index (κ1) is 24.9. The van der Waals surface area contributed by atoms with E-state index in [2.05, 4.69) is 10.3 Å². The van der Waals surface area contributed by atoms with Gasteiger partial charge in [-0.1, -0.05) is 30.3 Å². The Bertz CT molecular complexity index is 1430. The van der Waals surface area contributed by atoms with E-state index in [0.29, 0.717) is 39.1 Å². The summed E-state index contributed by atoms with van der Waals surface area (Å²) in [7, 11) is 0. The number of benzene rings is 2. The molecule has 0 bridgehead atoms. The van der Waals surface area contributed by atoms with Crippen LogP contribution in [0.25, 0.3) is 10.2 Å². The fourth-order valence-electron chi connectivity index (χ4n) is 3.54. The van der Waals surface area contributed by atoms with Gasteiger partial charge in [0.2, 0.25) is 5.91 Å². The fraction of sp³-hybridized carbons (Fsp3) is 0.231. The van der Waals surface area contributed by atoms with Gasteiger partial charge in [-0.3, -0.25) is 14.2 Å². The predicted molar refractivity (Wildman–Crippen MR) is 137 cm³/mol. The number of hydrogen-bond donors (Lipinski definition) is 1. The lowest BCUT2D eigenvalue weighted by atomic mass is 10.2. The molecule has 0 atom stereocenters. The molecular weight excluding hydrogens is 482 g/mol. The lowest BCUT2D eigenvalue weighted by Crippen LogP contribution is -2.28. The molecule has 1 amide bonds. The van der Waals surface area contributed by atoms with Crippen LogP contribution in [0.15, 0.2) is 65.7 Å². The summed E-state index contributed by atoms with van der Waals surface area (Å²) in [5.41, 5.74) is 0.575.